The molecule has 0 bridgehead atoms. The summed E-state index contributed by atoms with van der Waals surface area (Å²) in [5.41, 5.74) is 1.19. The maximum atomic E-state index is 5.54. The molecule has 1 aromatic rings. The molecule has 2 rings (SSSR count). The molecule has 0 aliphatic carbocycles. The smallest absolute Gasteiger partial charge is 0.191 e. The molecule has 1 heterocycles. The number of nitrogens with zero attached hydrogens (tertiary/aromatic N) is 2. The number of hydrogen-bond donors (Lipinski definition) is 2. The molecule has 1 atom stereocenters. The van der Waals surface area contributed by atoms with Crippen LogP contribution < -0.4 is 15.4 Å². The summed E-state index contributed by atoms with van der Waals surface area (Å²) in [4.78, 5) is 6.85. The summed E-state index contributed by atoms with van der Waals surface area (Å²) >= 11 is 0. The van der Waals surface area contributed by atoms with Crippen LogP contribution in [0.3, 0.4) is 0 Å². The lowest BCUT2D eigenvalue weighted by Crippen LogP contribution is -2.44. The van der Waals surface area contributed by atoms with Gasteiger partial charge in [-0.15, -0.1) is 24.0 Å². The number of benzene rings is 1. The van der Waals surface area contributed by atoms with Crippen molar-refractivity contribution in [2.45, 2.75) is 39.3 Å². The van der Waals surface area contributed by atoms with E-state index in [0.717, 1.165) is 31.3 Å². The highest BCUT2D eigenvalue weighted by molar-refractivity contribution is 14.0. The molecule has 1 aliphatic heterocycles. The Labute approximate surface area is 163 Å². The van der Waals surface area contributed by atoms with Crippen LogP contribution in [0.1, 0.15) is 32.3 Å². The number of nitrogens with one attached hydrogen (secondary N) is 2. The fraction of sp³-hybridized carbons (Fsp3) is 0.611. The molecule has 0 saturated carbocycles. The van der Waals surface area contributed by atoms with Gasteiger partial charge in [0.05, 0.1) is 6.61 Å². The van der Waals surface area contributed by atoms with Crippen molar-refractivity contribution in [2.24, 2.45) is 4.99 Å². The van der Waals surface area contributed by atoms with Crippen LogP contribution in [0.4, 0.5) is 0 Å². The van der Waals surface area contributed by atoms with E-state index < -0.39 is 0 Å². The van der Waals surface area contributed by atoms with Crippen LogP contribution >= 0.6 is 24.0 Å². The Bertz CT molecular complexity index is 510. The first-order valence-electron chi connectivity index (χ1n) is 8.67. The minimum atomic E-state index is 0. The van der Waals surface area contributed by atoms with E-state index in [-0.39, 0.29) is 24.0 Å². The maximum Gasteiger partial charge on any atom is 0.191 e. The molecule has 0 aromatic heterocycles. The first-order chi connectivity index (χ1) is 11.3. The van der Waals surface area contributed by atoms with Gasteiger partial charge < -0.3 is 15.4 Å². The number of hydrogen-bond acceptors (Lipinski definition) is 3. The fourth-order valence-corrected chi connectivity index (χ4v) is 3.08. The topological polar surface area (TPSA) is 48.9 Å². The van der Waals surface area contributed by atoms with Crippen LogP contribution in [-0.2, 0) is 6.54 Å². The molecule has 0 radical (unpaired) electrons. The highest BCUT2D eigenvalue weighted by Crippen LogP contribution is 2.15. The van der Waals surface area contributed by atoms with Crippen molar-refractivity contribution in [3.05, 3.63) is 29.8 Å². The van der Waals surface area contributed by atoms with Gasteiger partial charge in [0.25, 0.3) is 0 Å². The van der Waals surface area contributed by atoms with E-state index in [0.29, 0.717) is 12.6 Å². The van der Waals surface area contributed by atoms with E-state index in [1.54, 1.807) is 0 Å². The fourth-order valence-electron chi connectivity index (χ4n) is 3.08. The maximum absolute atomic E-state index is 5.54. The first-order valence-corrected chi connectivity index (χ1v) is 8.67. The number of aliphatic imine (C=N–C) groups is 1. The van der Waals surface area contributed by atoms with Gasteiger partial charge >= 0.3 is 0 Å². The zero-order chi connectivity index (χ0) is 16.5. The molecule has 5 nitrogen and oxygen atoms in total. The van der Waals surface area contributed by atoms with E-state index in [9.17, 15) is 0 Å². The number of ether oxygens (including phenoxy) is 1. The van der Waals surface area contributed by atoms with Gasteiger partial charge in [-0.25, -0.2) is 0 Å². The Balaban J connectivity index is 0.00000288. The Morgan fingerprint density at radius 2 is 2.17 bits per heavy atom. The zero-order valence-electron chi connectivity index (χ0n) is 15.0. The highest BCUT2D eigenvalue weighted by Gasteiger charge is 2.22. The lowest BCUT2D eigenvalue weighted by Gasteiger charge is -2.24. The summed E-state index contributed by atoms with van der Waals surface area (Å²) in [7, 11) is 1.82. The van der Waals surface area contributed by atoms with Crippen molar-refractivity contribution in [1.82, 2.24) is 15.5 Å². The number of likely N-dealkylation sites (tertiary alicyclic amines) is 1. The number of halogens is 1. The minimum Gasteiger partial charge on any atom is -0.494 e. The molecular formula is C18H31IN4O. The van der Waals surface area contributed by atoms with Crippen LogP contribution in [0.2, 0.25) is 0 Å². The molecule has 2 N–H and O–H groups in total. The molecule has 24 heavy (non-hydrogen) atoms. The summed E-state index contributed by atoms with van der Waals surface area (Å²) in [6.07, 6.45) is 2.57. The monoisotopic (exact) mass is 446 g/mol. The summed E-state index contributed by atoms with van der Waals surface area (Å²) in [5, 5.41) is 6.83. The summed E-state index contributed by atoms with van der Waals surface area (Å²) < 4.78 is 5.54. The molecular weight excluding hydrogens is 415 g/mol. The Hall–Kier alpha value is -1.02. The van der Waals surface area contributed by atoms with Gasteiger partial charge in [-0.1, -0.05) is 19.1 Å². The Morgan fingerprint density at radius 1 is 1.33 bits per heavy atom. The molecule has 1 aliphatic rings. The first kappa shape index (κ1) is 21.0. The number of likely N-dealkylation sites (N-methyl/N-ethyl adjacent to an activating group) is 1. The predicted octanol–water partition coefficient (Wildman–Crippen LogP) is 2.85. The third-order valence-electron chi connectivity index (χ3n) is 4.30. The van der Waals surface area contributed by atoms with Crippen molar-refractivity contribution < 1.29 is 4.74 Å². The summed E-state index contributed by atoms with van der Waals surface area (Å²) in [5.74, 6) is 1.77. The van der Waals surface area contributed by atoms with Crippen molar-refractivity contribution >= 4 is 29.9 Å². The van der Waals surface area contributed by atoms with Gasteiger partial charge in [-0.3, -0.25) is 9.89 Å². The van der Waals surface area contributed by atoms with Gasteiger partial charge in [0.2, 0.25) is 0 Å². The molecule has 0 amide bonds. The van der Waals surface area contributed by atoms with Crippen molar-refractivity contribution in [2.75, 3.05) is 33.3 Å². The van der Waals surface area contributed by atoms with Crippen LogP contribution in [0.5, 0.6) is 5.75 Å². The zero-order valence-corrected chi connectivity index (χ0v) is 17.4. The third-order valence-corrected chi connectivity index (χ3v) is 4.30. The van der Waals surface area contributed by atoms with Crippen molar-refractivity contribution in [3.63, 3.8) is 0 Å². The second-order valence-electron chi connectivity index (χ2n) is 5.81. The van der Waals surface area contributed by atoms with E-state index in [1.807, 2.05) is 26.1 Å². The lowest BCUT2D eigenvalue weighted by molar-refractivity contribution is 0.267. The molecule has 1 unspecified atom stereocenters. The Morgan fingerprint density at radius 3 is 2.88 bits per heavy atom. The lowest BCUT2D eigenvalue weighted by atomic mass is 10.2. The minimum absolute atomic E-state index is 0. The average Bonchev–Trinajstić information content (AvgIpc) is 3.03. The number of guanidine groups is 1. The quantitative estimate of drug-likeness (QED) is 0.384. The van der Waals surface area contributed by atoms with Gasteiger partial charge in [-0.05, 0) is 50.6 Å². The van der Waals surface area contributed by atoms with Crippen LogP contribution in [0.25, 0.3) is 0 Å². The number of rotatable bonds is 7. The second-order valence-corrected chi connectivity index (χ2v) is 5.81. The summed E-state index contributed by atoms with van der Waals surface area (Å²) in [6.45, 7) is 8.96. The summed E-state index contributed by atoms with van der Waals surface area (Å²) in [6, 6.07) is 8.80. The van der Waals surface area contributed by atoms with Crippen molar-refractivity contribution in [3.8, 4) is 5.75 Å². The predicted molar refractivity (Wildman–Crippen MR) is 111 cm³/mol. The van der Waals surface area contributed by atoms with E-state index in [4.69, 9.17) is 4.74 Å². The van der Waals surface area contributed by atoms with Crippen LogP contribution in [0, 0.1) is 0 Å². The molecule has 1 saturated heterocycles. The van der Waals surface area contributed by atoms with Gasteiger partial charge in [-0.2, -0.15) is 0 Å². The average molecular weight is 446 g/mol. The molecule has 0 spiro atoms. The Kier molecular flexibility index (Phi) is 10.1. The molecule has 1 aromatic carbocycles. The van der Waals surface area contributed by atoms with Gasteiger partial charge in [0.1, 0.15) is 5.75 Å². The standard InChI is InChI=1S/C18H30N4O.HI/c1-4-22-11-7-9-16(22)14-21-18(19-3)20-13-15-8-6-10-17(12-15)23-5-2;/h6,8,10,12,16H,4-5,7,9,11,13-14H2,1-3H3,(H2,19,20,21);1H. The third kappa shape index (κ3) is 6.47. The van der Waals surface area contributed by atoms with E-state index >= 15 is 0 Å². The normalized spacial score (nSPS) is 18.1. The van der Waals surface area contributed by atoms with Gasteiger partial charge in [0, 0.05) is 26.2 Å². The highest BCUT2D eigenvalue weighted by atomic mass is 127. The largest absolute Gasteiger partial charge is 0.494 e. The second kappa shape index (κ2) is 11.5. The van der Waals surface area contributed by atoms with Crippen LogP contribution in [0.15, 0.2) is 29.3 Å². The SMILES string of the molecule is CCOc1cccc(CNC(=NC)NCC2CCCN2CC)c1.I. The van der Waals surface area contributed by atoms with Crippen molar-refractivity contribution in [1.29, 1.82) is 0 Å². The van der Waals surface area contributed by atoms with E-state index in [1.165, 1.54) is 24.9 Å². The van der Waals surface area contributed by atoms with Gasteiger partial charge in [0.15, 0.2) is 5.96 Å². The van der Waals surface area contributed by atoms with Crippen LogP contribution in [-0.4, -0.2) is 50.2 Å². The van der Waals surface area contributed by atoms with E-state index in [2.05, 4.69) is 39.6 Å². The molecule has 136 valence electrons. The molecule has 1 fully saturated rings. The molecule has 6 heteroatoms.